The lowest BCUT2D eigenvalue weighted by molar-refractivity contribution is -0.117. The molecule has 0 aliphatic carbocycles. The summed E-state index contributed by atoms with van der Waals surface area (Å²) < 4.78 is 1.92. The van der Waals surface area contributed by atoms with Gasteiger partial charge in [0.05, 0.1) is 12.2 Å². The molecule has 2 N–H and O–H groups in total. The van der Waals surface area contributed by atoms with Crippen LogP contribution in [0.4, 0.5) is 5.69 Å². The van der Waals surface area contributed by atoms with E-state index in [0.717, 1.165) is 11.3 Å². The van der Waals surface area contributed by atoms with Crippen LogP contribution in [-0.4, -0.2) is 21.7 Å². The van der Waals surface area contributed by atoms with Crippen molar-refractivity contribution in [2.45, 2.75) is 45.8 Å². The minimum absolute atomic E-state index is 0.0469. The number of carbonyl (C=O) groups is 1. The zero-order valence-corrected chi connectivity index (χ0v) is 13.6. The van der Waals surface area contributed by atoms with E-state index in [1.807, 2.05) is 61.3 Å². The predicted octanol–water partition coefficient (Wildman–Crippen LogP) is 3.14. The van der Waals surface area contributed by atoms with E-state index in [9.17, 15) is 4.79 Å². The fourth-order valence-corrected chi connectivity index (χ4v) is 2.18. The molecule has 118 valence electrons. The van der Waals surface area contributed by atoms with Gasteiger partial charge in [0.15, 0.2) is 0 Å². The number of para-hydroxylation sites is 1. The first-order valence-corrected chi connectivity index (χ1v) is 7.63. The molecule has 0 aliphatic rings. The van der Waals surface area contributed by atoms with Gasteiger partial charge in [0, 0.05) is 29.5 Å². The van der Waals surface area contributed by atoms with E-state index in [-0.39, 0.29) is 18.0 Å². The Morgan fingerprint density at radius 2 is 1.82 bits per heavy atom. The van der Waals surface area contributed by atoms with E-state index in [1.165, 1.54) is 0 Å². The number of nitrogens with zero attached hydrogens (tertiary/aromatic N) is 2. The largest absolute Gasteiger partial charge is 0.325 e. The number of hydrogen-bond donors (Lipinski definition) is 2. The summed E-state index contributed by atoms with van der Waals surface area (Å²) >= 11 is 0. The number of hydrogen-bond acceptors (Lipinski definition) is 3. The molecule has 2 rings (SSSR count). The van der Waals surface area contributed by atoms with Gasteiger partial charge in [-0.15, -0.1) is 0 Å². The third-order valence-corrected chi connectivity index (χ3v) is 3.59. The lowest BCUT2D eigenvalue weighted by Gasteiger charge is -2.18. The number of benzene rings is 1. The average molecular weight is 300 g/mol. The maximum absolute atomic E-state index is 12.2. The summed E-state index contributed by atoms with van der Waals surface area (Å²) in [6.07, 6.45) is 3.86. The van der Waals surface area contributed by atoms with Crippen LogP contribution in [0.3, 0.4) is 0 Å². The molecule has 0 fully saturated rings. The lowest BCUT2D eigenvalue weighted by Crippen LogP contribution is -2.39. The van der Waals surface area contributed by atoms with E-state index < -0.39 is 0 Å². The van der Waals surface area contributed by atoms with Crippen molar-refractivity contribution in [2.24, 2.45) is 0 Å². The lowest BCUT2D eigenvalue weighted by atomic mass is 10.1. The van der Waals surface area contributed by atoms with Crippen molar-refractivity contribution >= 4 is 11.6 Å². The Morgan fingerprint density at radius 1 is 1.14 bits per heavy atom. The molecular formula is C17H24N4O. The van der Waals surface area contributed by atoms with Crippen LogP contribution < -0.4 is 10.6 Å². The van der Waals surface area contributed by atoms with Gasteiger partial charge in [0.25, 0.3) is 0 Å². The third-order valence-electron chi connectivity index (χ3n) is 3.59. The van der Waals surface area contributed by atoms with Crippen LogP contribution in [0.2, 0.25) is 0 Å². The fraction of sp³-hybridized carbons (Fsp3) is 0.412. The van der Waals surface area contributed by atoms with Crippen molar-refractivity contribution in [2.75, 3.05) is 5.32 Å². The van der Waals surface area contributed by atoms with E-state index in [2.05, 4.69) is 29.6 Å². The van der Waals surface area contributed by atoms with Gasteiger partial charge >= 0.3 is 0 Å². The molecule has 5 nitrogen and oxygen atoms in total. The first kappa shape index (κ1) is 16.2. The number of nitrogens with one attached hydrogen (secondary N) is 2. The summed E-state index contributed by atoms with van der Waals surface area (Å²) in [7, 11) is 0. The summed E-state index contributed by atoms with van der Waals surface area (Å²) in [5.74, 6) is -0.0469. The molecule has 0 spiro atoms. The van der Waals surface area contributed by atoms with E-state index in [1.54, 1.807) is 0 Å². The van der Waals surface area contributed by atoms with Gasteiger partial charge in [-0.1, -0.05) is 18.2 Å². The molecule has 0 bridgehead atoms. The number of anilines is 1. The molecule has 2 atom stereocenters. The Bertz CT molecular complexity index is 606. The zero-order chi connectivity index (χ0) is 16.1. The molecular weight excluding hydrogens is 276 g/mol. The molecule has 1 aromatic carbocycles. The van der Waals surface area contributed by atoms with Crippen molar-refractivity contribution in [3.8, 4) is 0 Å². The highest BCUT2D eigenvalue weighted by Gasteiger charge is 2.17. The molecule has 1 aromatic heterocycles. The van der Waals surface area contributed by atoms with Gasteiger partial charge in [-0.05, 0) is 39.8 Å². The van der Waals surface area contributed by atoms with Gasteiger partial charge in [-0.25, -0.2) is 0 Å². The predicted molar refractivity (Wildman–Crippen MR) is 88.7 cm³/mol. The van der Waals surface area contributed by atoms with Crippen LogP contribution in [0, 0.1) is 0 Å². The molecule has 0 unspecified atom stereocenters. The maximum Gasteiger partial charge on any atom is 0.241 e. The zero-order valence-electron chi connectivity index (χ0n) is 13.6. The first-order chi connectivity index (χ1) is 10.5. The quantitative estimate of drug-likeness (QED) is 0.861. The Kier molecular flexibility index (Phi) is 5.33. The number of rotatable bonds is 6. The fourth-order valence-electron chi connectivity index (χ4n) is 2.18. The minimum atomic E-state index is -0.294. The Balaban J connectivity index is 1.92. The van der Waals surface area contributed by atoms with Crippen LogP contribution in [0.1, 0.15) is 45.3 Å². The summed E-state index contributed by atoms with van der Waals surface area (Å²) in [4.78, 5) is 12.2. The van der Waals surface area contributed by atoms with Gasteiger partial charge in [0.1, 0.15) is 0 Å². The summed E-state index contributed by atoms with van der Waals surface area (Å²) in [5, 5.41) is 10.5. The smallest absolute Gasteiger partial charge is 0.241 e. The van der Waals surface area contributed by atoms with Crippen molar-refractivity contribution < 1.29 is 4.79 Å². The summed E-state index contributed by atoms with van der Waals surface area (Å²) in [6, 6.07) is 9.57. The molecule has 1 amide bonds. The van der Waals surface area contributed by atoms with Crippen LogP contribution in [0.25, 0.3) is 0 Å². The van der Waals surface area contributed by atoms with Gasteiger partial charge in [0.2, 0.25) is 5.91 Å². The Hall–Kier alpha value is -2.14. The second kappa shape index (κ2) is 7.22. The molecule has 0 aliphatic heterocycles. The van der Waals surface area contributed by atoms with Crippen LogP contribution >= 0.6 is 0 Å². The molecule has 1 heterocycles. The molecule has 0 saturated heterocycles. The van der Waals surface area contributed by atoms with E-state index in [4.69, 9.17) is 0 Å². The van der Waals surface area contributed by atoms with E-state index in [0.29, 0.717) is 6.04 Å². The molecule has 0 radical (unpaired) electrons. The van der Waals surface area contributed by atoms with Crippen molar-refractivity contribution in [1.82, 2.24) is 15.1 Å². The average Bonchev–Trinajstić information content (AvgIpc) is 2.98. The second-order valence-electron chi connectivity index (χ2n) is 5.81. The van der Waals surface area contributed by atoms with Crippen LogP contribution in [0.15, 0.2) is 42.7 Å². The van der Waals surface area contributed by atoms with Crippen molar-refractivity contribution in [3.05, 3.63) is 48.3 Å². The number of amides is 1. The number of aromatic nitrogens is 2. The minimum Gasteiger partial charge on any atom is -0.325 e. The normalized spacial score (nSPS) is 13.9. The van der Waals surface area contributed by atoms with Crippen molar-refractivity contribution in [1.29, 1.82) is 0 Å². The van der Waals surface area contributed by atoms with Gasteiger partial charge in [-0.2, -0.15) is 5.10 Å². The molecule has 0 saturated carbocycles. The molecule has 22 heavy (non-hydrogen) atoms. The highest BCUT2D eigenvalue weighted by atomic mass is 16.2. The highest BCUT2D eigenvalue weighted by Crippen LogP contribution is 2.15. The molecule has 2 aromatic rings. The standard InChI is InChI=1S/C17H24N4O/c1-12(2)21-11-15(10-18-21)13(3)19-14(4)17(22)20-16-8-6-5-7-9-16/h5-14,19H,1-4H3,(H,20,22)/t13-,14+/m0/s1. The van der Waals surface area contributed by atoms with Crippen molar-refractivity contribution in [3.63, 3.8) is 0 Å². The van der Waals surface area contributed by atoms with Crippen LogP contribution in [-0.2, 0) is 4.79 Å². The first-order valence-electron chi connectivity index (χ1n) is 7.63. The summed E-state index contributed by atoms with van der Waals surface area (Å²) in [5.41, 5.74) is 1.88. The van der Waals surface area contributed by atoms with Crippen LogP contribution in [0.5, 0.6) is 0 Å². The van der Waals surface area contributed by atoms with Gasteiger partial charge in [-0.3, -0.25) is 14.8 Å². The highest BCUT2D eigenvalue weighted by molar-refractivity contribution is 5.94. The Labute approximate surface area is 131 Å². The second-order valence-corrected chi connectivity index (χ2v) is 5.81. The number of carbonyl (C=O) groups excluding carboxylic acids is 1. The maximum atomic E-state index is 12.2. The Morgan fingerprint density at radius 3 is 2.41 bits per heavy atom. The third kappa shape index (κ3) is 4.18. The topological polar surface area (TPSA) is 59.0 Å². The summed E-state index contributed by atoms with van der Waals surface area (Å²) in [6.45, 7) is 8.07. The SMILES string of the molecule is CC(C)n1cc([C@H](C)N[C@H](C)C(=O)Nc2ccccc2)cn1. The van der Waals surface area contributed by atoms with Gasteiger partial charge < -0.3 is 5.32 Å². The molecule has 5 heteroatoms. The monoisotopic (exact) mass is 300 g/mol. The van der Waals surface area contributed by atoms with E-state index >= 15 is 0 Å².